The Morgan fingerprint density at radius 1 is 1.29 bits per heavy atom. The zero-order valence-electron chi connectivity index (χ0n) is 7.85. The molecule has 0 aliphatic heterocycles. The lowest BCUT2D eigenvalue weighted by Crippen LogP contribution is -2.34. The van der Waals surface area contributed by atoms with Crippen molar-refractivity contribution in [2.24, 2.45) is 0 Å². The standard InChI is InChI=1S/C9H13NO4/c1-2-7-14-9(13)8-10(3-5-11)4-6-12/h2,5-6H,1,3-4,7-8H2. The van der Waals surface area contributed by atoms with Crippen LogP contribution in [-0.2, 0) is 19.1 Å². The van der Waals surface area contributed by atoms with Gasteiger partial charge in [-0.1, -0.05) is 12.7 Å². The summed E-state index contributed by atoms with van der Waals surface area (Å²) in [6, 6.07) is 0. The summed E-state index contributed by atoms with van der Waals surface area (Å²) >= 11 is 0. The number of hydrogen-bond donors (Lipinski definition) is 0. The van der Waals surface area contributed by atoms with Crippen LogP contribution in [0.4, 0.5) is 0 Å². The predicted molar refractivity (Wildman–Crippen MR) is 49.7 cm³/mol. The van der Waals surface area contributed by atoms with E-state index >= 15 is 0 Å². The Labute approximate surface area is 82.3 Å². The van der Waals surface area contributed by atoms with E-state index in [1.165, 1.54) is 11.0 Å². The molecule has 5 nitrogen and oxygen atoms in total. The first-order valence-electron chi connectivity index (χ1n) is 4.10. The number of nitrogens with zero attached hydrogens (tertiary/aromatic N) is 1. The van der Waals surface area contributed by atoms with E-state index in [1.54, 1.807) is 0 Å². The minimum atomic E-state index is -0.478. The fourth-order valence-electron chi connectivity index (χ4n) is 0.795. The molecule has 0 saturated carbocycles. The van der Waals surface area contributed by atoms with E-state index in [0.717, 1.165) is 0 Å². The van der Waals surface area contributed by atoms with Crippen molar-refractivity contribution in [1.82, 2.24) is 4.90 Å². The Kier molecular flexibility index (Phi) is 7.26. The van der Waals surface area contributed by atoms with Crippen molar-refractivity contribution in [3.05, 3.63) is 12.7 Å². The van der Waals surface area contributed by atoms with Gasteiger partial charge >= 0.3 is 5.97 Å². The third-order valence-corrected chi connectivity index (χ3v) is 1.38. The molecule has 0 aliphatic rings. The highest BCUT2D eigenvalue weighted by Gasteiger charge is 2.09. The molecule has 0 atom stereocenters. The third-order valence-electron chi connectivity index (χ3n) is 1.38. The highest BCUT2D eigenvalue weighted by Crippen LogP contribution is 1.87. The van der Waals surface area contributed by atoms with Gasteiger partial charge in [-0.3, -0.25) is 9.69 Å². The van der Waals surface area contributed by atoms with Gasteiger partial charge in [0.15, 0.2) is 0 Å². The van der Waals surface area contributed by atoms with E-state index < -0.39 is 5.97 Å². The summed E-state index contributed by atoms with van der Waals surface area (Å²) in [6.45, 7) is 3.54. The Morgan fingerprint density at radius 3 is 2.29 bits per heavy atom. The smallest absolute Gasteiger partial charge is 0.320 e. The molecule has 0 fully saturated rings. The molecule has 0 amide bonds. The van der Waals surface area contributed by atoms with Crippen molar-refractivity contribution in [3.8, 4) is 0 Å². The number of esters is 1. The average molecular weight is 199 g/mol. The number of rotatable bonds is 8. The van der Waals surface area contributed by atoms with Gasteiger partial charge in [0.05, 0.1) is 19.6 Å². The lowest BCUT2D eigenvalue weighted by atomic mass is 10.4. The molecule has 78 valence electrons. The second kappa shape index (κ2) is 8.12. The third kappa shape index (κ3) is 6.07. The number of carbonyl (C=O) groups is 3. The quantitative estimate of drug-likeness (QED) is 0.297. The minimum Gasteiger partial charge on any atom is -0.461 e. The summed E-state index contributed by atoms with van der Waals surface area (Å²) in [4.78, 5) is 32.7. The zero-order valence-corrected chi connectivity index (χ0v) is 7.85. The molecule has 0 rings (SSSR count). The summed E-state index contributed by atoms with van der Waals surface area (Å²) in [7, 11) is 0. The van der Waals surface area contributed by atoms with Gasteiger partial charge in [0.2, 0.25) is 0 Å². The van der Waals surface area contributed by atoms with E-state index in [9.17, 15) is 14.4 Å². The summed E-state index contributed by atoms with van der Waals surface area (Å²) in [5.41, 5.74) is 0. The average Bonchev–Trinajstić information content (AvgIpc) is 2.15. The molecule has 0 heterocycles. The van der Waals surface area contributed by atoms with Gasteiger partial charge in [-0.2, -0.15) is 0 Å². The van der Waals surface area contributed by atoms with Gasteiger partial charge in [-0.05, 0) is 0 Å². The number of carbonyl (C=O) groups excluding carboxylic acids is 3. The van der Waals surface area contributed by atoms with Gasteiger partial charge in [-0.25, -0.2) is 0 Å². The summed E-state index contributed by atoms with van der Waals surface area (Å²) in [6.07, 6.45) is 2.70. The zero-order chi connectivity index (χ0) is 10.8. The van der Waals surface area contributed by atoms with Crippen LogP contribution in [0.5, 0.6) is 0 Å². The van der Waals surface area contributed by atoms with E-state index in [-0.39, 0.29) is 26.2 Å². The van der Waals surface area contributed by atoms with E-state index in [2.05, 4.69) is 11.3 Å². The molecule has 5 heteroatoms. The van der Waals surface area contributed by atoms with Gasteiger partial charge in [0.25, 0.3) is 0 Å². The van der Waals surface area contributed by atoms with Crippen LogP contribution in [-0.4, -0.2) is 49.7 Å². The van der Waals surface area contributed by atoms with Crippen LogP contribution >= 0.6 is 0 Å². The highest BCUT2D eigenvalue weighted by atomic mass is 16.5. The molecule has 0 aromatic heterocycles. The molecule has 0 bridgehead atoms. The molecule has 14 heavy (non-hydrogen) atoms. The fraction of sp³-hybridized carbons (Fsp3) is 0.444. The summed E-state index contributed by atoms with van der Waals surface area (Å²) in [5.74, 6) is -0.478. The van der Waals surface area contributed by atoms with Crippen LogP contribution in [0.25, 0.3) is 0 Å². The first kappa shape index (κ1) is 12.5. The van der Waals surface area contributed by atoms with Crippen LogP contribution in [0.3, 0.4) is 0 Å². The summed E-state index contributed by atoms with van der Waals surface area (Å²) < 4.78 is 4.68. The van der Waals surface area contributed by atoms with Crippen LogP contribution in [0.1, 0.15) is 0 Å². The highest BCUT2D eigenvalue weighted by molar-refractivity contribution is 5.72. The molecule has 0 radical (unpaired) electrons. The Bertz CT molecular complexity index is 205. The second-order valence-electron chi connectivity index (χ2n) is 2.50. The molecule has 0 unspecified atom stereocenters. The van der Waals surface area contributed by atoms with Crippen LogP contribution in [0, 0.1) is 0 Å². The van der Waals surface area contributed by atoms with Crippen molar-refractivity contribution in [2.75, 3.05) is 26.2 Å². The minimum absolute atomic E-state index is 0.0436. The Morgan fingerprint density at radius 2 is 1.86 bits per heavy atom. The summed E-state index contributed by atoms with van der Waals surface area (Å²) in [5, 5.41) is 0. The fourth-order valence-corrected chi connectivity index (χ4v) is 0.795. The van der Waals surface area contributed by atoms with Crippen LogP contribution in [0.2, 0.25) is 0 Å². The van der Waals surface area contributed by atoms with Gasteiger partial charge in [0.1, 0.15) is 19.2 Å². The first-order chi connectivity index (χ1) is 6.74. The van der Waals surface area contributed by atoms with Gasteiger partial charge in [-0.15, -0.1) is 0 Å². The van der Waals surface area contributed by atoms with Crippen LogP contribution < -0.4 is 0 Å². The van der Waals surface area contributed by atoms with E-state index in [4.69, 9.17) is 0 Å². The van der Waals surface area contributed by atoms with E-state index in [0.29, 0.717) is 12.6 Å². The molecule has 0 spiro atoms. The van der Waals surface area contributed by atoms with Gasteiger partial charge < -0.3 is 14.3 Å². The van der Waals surface area contributed by atoms with Crippen molar-refractivity contribution in [3.63, 3.8) is 0 Å². The van der Waals surface area contributed by atoms with Gasteiger partial charge in [0, 0.05) is 0 Å². The largest absolute Gasteiger partial charge is 0.461 e. The molecular formula is C9H13NO4. The Hall–Kier alpha value is -1.49. The Balaban J connectivity index is 3.87. The lowest BCUT2D eigenvalue weighted by molar-refractivity contribution is -0.143. The first-order valence-corrected chi connectivity index (χ1v) is 4.10. The predicted octanol–water partition coefficient (Wildman–Crippen LogP) is -0.585. The molecule has 0 aliphatic carbocycles. The maximum Gasteiger partial charge on any atom is 0.320 e. The molecule has 0 aromatic rings. The van der Waals surface area contributed by atoms with E-state index in [1.807, 2.05) is 0 Å². The van der Waals surface area contributed by atoms with Crippen molar-refractivity contribution >= 4 is 18.5 Å². The number of ether oxygens (including phenoxy) is 1. The second-order valence-corrected chi connectivity index (χ2v) is 2.50. The molecular weight excluding hydrogens is 186 g/mol. The maximum absolute atomic E-state index is 11.0. The molecule has 0 aromatic carbocycles. The van der Waals surface area contributed by atoms with Crippen molar-refractivity contribution in [2.45, 2.75) is 0 Å². The molecule has 0 saturated heterocycles. The maximum atomic E-state index is 11.0. The van der Waals surface area contributed by atoms with Crippen molar-refractivity contribution < 1.29 is 19.1 Å². The van der Waals surface area contributed by atoms with Crippen molar-refractivity contribution in [1.29, 1.82) is 0 Å². The topological polar surface area (TPSA) is 63.7 Å². The monoisotopic (exact) mass is 199 g/mol. The normalized spacial score (nSPS) is 9.50. The lowest BCUT2D eigenvalue weighted by Gasteiger charge is -2.14. The number of hydrogen-bond acceptors (Lipinski definition) is 5. The SMILES string of the molecule is C=CCOC(=O)CN(CC=O)CC=O. The molecule has 0 N–H and O–H groups in total. The number of aldehydes is 2. The van der Waals surface area contributed by atoms with Crippen LogP contribution in [0.15, 0.2) is 12.7 Å².